The summed E-state index contributed by atoms with van der Waals surface area (Å²) in [4.78, 5) is 4.62. The molecule has 0 unspecified atom stereocenters. The van der Waals surface area contributed by atoms with E-state index in [2.05, 4.69) is 17.3 Å². The van der Waals surface area contributed by atoms with Crippen molar-refractivity contribution < 1.29 is 9.47 Å². The number of thioether (sulfide) groups is 1. The van der Waals surface area contributed by atoms with Gasteiger partial charge < -0.3 is 9.47 Å². The van der Waals surface area contributed by atoms with Gasteiger partial charge >= 0.3 is 0 Å². The Balaban J connectivity index is 1.62. The number of hydrogen-bond acceptors (Lipinski definition) is 5. The zero-order valence-corrected chi connectivity index (χ0v) is 14.1. The van der Waals surface area contributed by atoms with Gasteiger partial charge in [-0.05, 0) is 37.1 Å². The van der Waals surface area contributed by atoms with Gasteiger partial charge in [0.2, 0.25) is 0 Å². The average molecular weight is 323 g/mol. The molecule has 0 N–H and O–H groups in total. The lowest BCUT2D eigenvalue weighted by Crippen LogP contribution is -2.00. The Hall–Kier alpha value is -1.20. The highest BCUT2D eigenvalue weighted by Gasteiger charge is 2.01. The molecule has 0 radical (unpaired) electrons. The molecule has 0 amide bonds. The molecule has 114 valence electrons. The van der Waals surface area contributed by atoms with Crippen LogP contribution in [0.3, 0.4) is 0 Å². The lowest BCUT2D eigenvalue weighted by atomic mass is 10.3. The van der Waals surface area contributed by atoms with E-state index in [-0.39, 0.29) is 0 Å². The van der Waals surface area contributed by atoms with Crippen molar-refractivity contribution in [3.05, 3.63) is 40.3 Å². The molecule has 21 heavy (non-hydrogen) atoms. The Morgan fingerprint density at radius 3 is 2.67 bits per heavy atom. The number of ether oxygens (including phenoxy) is 2. The van der Waals surface area contributed by atoms with Crippen LogP contribution in [-0.2, 0) is 12.2 Å². The fourth-order valence-electron chi connectivity index (χ4n) is 1.81. The van der Waals surface area contributed by atoms with Crippen LogP contribution >= 0.6 is 23.1 Å². The van der Waals surface area contributed by atoms with Gasteiger partial charge in [-0.15, -0.1) is 11.3 Å². The molecule has 5 heteroatoms. The van der Waals surface area contributed by atoms with Gasteiger partial charge in [0.25, 0.3) is 0 Å². The highest BCUT2D eigenvalue weighted by molar-refractivity contribution is 7.98. The van der Waals surface area contributed by atoms with E-state index in [1.165, 1.54) is 10.7 Å². The van der Waals surface area contributed by atoms with Crippen LogP contribution < -0.4 is 9.47 Å². The smallest absolute Gasteiger partial charge is 0.119 e. The van der Waals surface area contributed by atoms with Gasteiger partial charge in [-0.2, -0.15) is 11.8 Å². The summed E-state index contributed by atoms with van der Waals surface area (Å²) in [5.41, 5.74) is 1.19. The van der Waals surface area contributed by atoms with E-state index in [4.69, 9.17) is 9.47 Å². The summed E-state index contributed by atoms with van der Waals surface area (Å²) in [6.45, 7) is 2.90. The largest absolute Gasteiger partial charge is 0.497 e. The molecule has 1 heterocycles. The third-order valence-corrected chi connectivity index (χ3v) is 4.78. The summed E-state index contributed by atoms with van der Waals surface area (Å²) >= 11 is 3.63. The van der Waals surface area contributed by atoms with Gasteiger partial charge in [-0.1, -0.05) is 6.92 Å². The zero-order valence-electron chi connectivity index (χ0n) is 12.5. The van der Waals surface area contributed by atoms with Crippen LogP contribution in [0.1, 0.15) is 24.0 Å². The number of hydrogen-bond donors (Lipinski definition) is 0. The van der Waals surface area contributed by atoms with Crippen LogP contribution in [0.15, 0.2) is 29.6 Å². The number of benzene rings is 1. The van der Waals surface area contributed by atoms with Crippen LogP contribution in [0.4, 0.5) is 0 Å². The van der Waals surface area contributed by atoms with E-state index in [0.29, 0.717) is 6.61 Å². The van der Waals surface area contributed by atoms with Crippen molar-refractivity contribution in [2.45, 2.75) is 25.5 Å². The van der Waals surface area contributed by atoms with Crippen molar-refractivity contribution in [1.82, 2.24) is 4.98 Å². The number of aryl methyl sites for hydroxylation is 1. The molecule has 2 aromatic rings. The maximum Gasteiger partial charge on any atom is 0.119 e. The molecule has 0 aliphatic carbocycles. The van der Waals surface area contributed by atoms with Gasteiger partial charge in [0.15, 0.2) is 0 Å². The molecule has 3 nitrogen and oxygen atoms in total. The molecule has 0 bridgehead atoms. The maximum atomic E-state index is 5.69. The summed E-state index contributed by atoms with van der Waals surface area (Å²) < 4.78 is 10.8. The normalized spacial score (nSPS) is 10.6. The van der Waals surface area contributed by atoms with Crippen molar-refractivity contribution >= 4 is 23.1 Å². The molecule has 0 saturated carbocycles. The molecule has 0 aliphatic heterocycles. The second kappa shape index (κ2) is 8.95. The summed E-state index contributed by atoms with van der Waals surface area (Å²) in [7, 11) is 1.66. The summed E-state index contributed by atoms with van der Waals surface area (Å²) in [6, 6.07) is 7.68. The van der Waals surface area contributed by atoms with E-state index in [9.17, 15) is 0 Å². The molecule has 1 aromatic heterocycles. The summed E-state index contributed by atoms with van der Waals surface area (Å²) in [5, 5.41) is 3.42. The molecule has 1 aromatic carbocycles. The third kappa shape index (κ3) is 5.59. The molecule has 0 spiro atoms. The average Bonchev–Trinajstić information content (AvgIpc) is 2.95. The Kier molecular flexibility index (Phi) is 6.89. The Labute approximate surface area is 134 Å². The first-order valence-electron chi connectivity index (χ1n) is 7.09. The molecule has 0 saturated heterocycles. The van der Waals surface area contributed by atoms with Crippen LogP contribution in [0.5, 0.6) is 11.5 Å². The number of nitrogens with zero attached hydrogens (tertiary/aromatic N) is 1. The van der Waals surface area contributed by atoms with Crippen molar-refractivity contribution in [3.63, 3.8) is 0 Å². The highest BCUT2D eigenvalue weighted by atomic mass is 32.2. The Morgan fingerprint density at radius 1 is 1.19 bits per heavy atom. The topological polar surface area (TPSA) is 31.4 Å². The lowest BCUT2D eigenvalue weighted by molar-refractivity contribution is 0.342. The maximum absolute atomic E-state index is 5.69. The van der Waals surface area contributed by atoms with Crippen LogP contribution in [0.2, 0.25) is 0 Å². The molecular formula is C16H21NO2S2. The minimum Gasteiger partial charge on any atom is -0.497 e. The first kappa shape index (κ1) is 16.2. The van der Waals surface area contributed by atoms with Gasteiger partial charge in [0.05, 0.1) is 24.4 Å². The second-order valence-corrected chi connectivity index (χ2v) is 6.61. The van der Waals surface area contributed by atoms with Crippen molar-refractivity contribution in [2.24, 2.45) is 0 Å². The summed E-state index contributed by atoms with van der Waals surface area (Å²) in [5.74, 6) is 3.66. The van der Waals surface area contributed by atoms with E-state index in [1.54, 1.807) is 18.4 Å². The fraction of sp³-hybridized carbons (Fsp3) is 0.438. The van der Waals surface area contributed by atoms with Gasteiger partial charge in [0, 0.05) is 16.9 Å². The van der Waals surface area contributed by atoms with E-state index in [0.717, 1.165) is 35.8 Å². The minimum absolute atomic E-state index is 0.711. The predicted octanol–water partition coefficient (Wildman–Crippen LogP) is 4.42. The molecule has 0 aliphatic rings. The Bertz CT molecular complexity index is 525. The predicted molar refractivity (Wildman–Crippen MR) is 90.8 cm³/mol. The van der Waals surface area contributed by atoms with Crippen LogP contribution in [-0.4, -0.2) is 24.5 Å². The SMILES string of the molecule is CCCc1nc(CSCCOc2ccc(OC)cc2)cs1. The molecule has 2 rings (SSSR count). The quantitative estimate of drug-likeness (QED) is 0.639. The molecular weight excluding hydrogens is 302 g/mol. The Morgan fingerprint density at radius 2 is 1.95 bits per heavy atom. The zero-order chi connectivity index (χ0) is 14.9. The third-order valence-electron chi connectivity index (χ3n) is 2.87. The van der Waals surface area contributed by atoms with E-state index >= 15 is 0 Å². The number of rotatable bonds is 9. The van der Waals surface area contributed by atoms with Gasteiger partial charge in [-0.25, -0.2) is 4.98 Å². The first-order chi connectivity index (χ1) is 10.3. The number of thiazole rings is 1. The molecule has 0 fully saturated rings. The lowest BCUT2D eigenvalue weighted by Gasteiger charge is -2.06. The van der Waals surface area contributed by atoms with Crippen molar-refractivity contribution in [2.75, 3.05) is 19.5 Å². The van der Waals surface area contributed by atoms with Crippen LogP contribution in [0.25, 0.3) is 0 Å². The van der Waals surface area contributed by atoms with E-state index in [1.807, 2.05) is 36.0 Å². The summed E-state index contributed by atoms with van der Waals surface area (Å²) in [6.07, 6.45) is 2.26. The fourth-order valence-corrected chi connectivity index (χ4v) is 3.52. The van der Waals surface area contributed by atoms with Gasteiger partial charge in [0.1, 0.15) is 11.5 Å². The van der Waals surface area contributed by atoms with Crippen molar-refractivity contribution in [3.8, 4) is 11.5 Å². The highest BCUT2D eigenvalue weighted by Crippen LogP contribution is 2.19. The second-order valence-electron chi connectivity index (χ2n) is 4.56. The standard InChI is InChI=1S/C16H21NO2S2/c1-3-4-16-17-13(12-21-16)11-20-10-9-19-15-7-5-14(18-2)6-8-15/h5-8,12H,3-4,9-11H2,1-2H3. The monoisotopic (exact) mass is 323 g/mol. The van der Waals surface area contributed by atoms with Gasteiger partial charge in [-0.3, -0.25) is 0 Å². The van der Waals surface area contributed by atoms with Crippen molar-refractivity contribution in [1.29, 1.82) is 0 Å². The first-order valence-corrected chi connectivity index (χ1v) is 9.13. The minimum atomic E-state index is 0.711. The van der Waals surface area contributed by atoms with E-state index < -0.39 is 0 Å². The molecule has 0 atom stereocenters. The van der Waals surface area contributed by atoms with Crippen LogP contribution in [0, 0.1) is 0 Å². The number of aromatic nitrogens is 1. The number of methoxy groups -OCH3 is 1.